The molecule has 0 radical (unpaired) electrons. The second-order valence-corrected chi connectivity index (χ2v) is 8.21. The number of fused-ring (bicyclic) bond motifs is 1. The number of amides is 2. The van der Waals surface area contributed by atoms with Crippen LogP contribution in [0.4, 0.5) is 10.6 Å². The van der Waals surface area contributed by atoms with E-state index in [0.717, 1.165) is 41.8 Å². The van der Waals surface area contributed by atoms with Gasteiger partial charge in [-0.2, -0.15) is 10.2 Å². The molecule has 5 rings (SSSR count). The van der Waals surface area contributed by atoms with Crippen LogP contribution in [0.1, 0.15) is 35.6 Å². The normalized spacial score (nSPS) is 15.2. The van der Waals surface area contributed by atoms with Gasteiger partial charge in [0, 0.05) is 24.4 Å². The Morgan fingerprint density at radius 3 is 2.66 bits per heavy atom. The average Bonchev–Trinajstić information content (AvgIpc) is 3.38. The zero-order chi connectivity index (χ0) is 22.1. The van der Waals surface area contributed by atoms with E-state index in [2.05, 4.69) is 33.9 Å². The molecule has 0 saturated heterocycles. The van der Waals surface area contributed by atoms with Gasteiger partial charge < -0.3 is 5.32 Å². The number of nitrogens with zero attached hydrogens (tertiary/aromatic N) is 4. The molecule has 0 fully saturated rings. The fourth-order valence-corrected chi connectivity index (χ4v) is 4.42. The van der Waals surface area contributed by atoms with Crippen molar-refractivity contribution in [1.29, 1.82) is 0 Å². The number of para-hydroxylation sites is 1. The SMILES string of the molecule is Cc1c(-c2cnn(C)c2)nn(-c2ccccc2)c1NC(=O)N[C@@H]1CCCc2ccccc21. The van der Waals surface area contributed by atoms with Gasteiger partial charge in [-0.05, 0) is 49.4 Å². The highest BCUT2D eigenvalue weighted by atomic mass is 16.2. The molecule has 2 N–H and O–H groups in total. The molecule has 1 aliphatic carbocycles. The van der Waals surface area contributed by atoms with Crippen LogP contribution in [0.15, 0.2) is 67.0 Å². The van der Waals surface area contributed by atoms with Gasteiger partial charge in [-0.1, -0.05) is 42.5 Å². The van der Waals surface area contributed by atoms with E-state index in [4.69, 9.17) is 5.10 Å². The Kier molecular flexibility index (Phi) is 5.23. The summed E-state index contributed by atoms with van der Waals surface area (Å²) in [7, 11) is 1.88. The van der Waals surface area contributed by atoms with Crippen molar-refractivity contribution >= 4 is 11.8 Å². The van der Waals surface area contributed by atoms with Gasteiger partial charge in [-0.3, -0.25) is 10.00 Å². The fraction of sp³-hybridized carbons (Fsp3) is 0.240. The highest BCUT2D eigenvalue weighted by Gasteiger charge is 2.24. The standard InChI is InChI=1S/C25H26N6O/c1-17-23(19-15-26-30(2)16-19)29-31(20-11-4-3-5-12-20)24(17)28-25(32)27-22-14-8-10-18-9-6-7-13-21(18)22/h3-7,9,11-13,15-16,22H,8,10,14H2,1-2H3,(H2,27,28,32)/t22-/m1/s1. The first-order valence-corrected chi connectivity index (χ1v) is 10.9. The van der Waals surface area contributed by atoms with E-state index in [1.54, 1.807) is 15.6 Å². The molecule has 2 amide bonds. The smallest absolute Gasteiger partial charge is 0.320 e. The molecule has 7 nitrogen and oxygen atoms in total. The molecular formula is C25H26N6O. The van der Waals surface area contributed by atoms with Crippen molar-refractivity contribution in [2.45, 2.75) is 32.2 Å². The molecule has 2 aromatic heterocycles. The summed E-state index contributed by atoms with van der Waals surface area (Å²) in [6.45, 7) is 1.97. The first-order valence-electron chi connectivity index (χ1n) is 10.9. The molecule has 32 heavy (non-hydrogen) atoms. The zero-order valence-corrected chi connectivity index (χ0v) is 18.2. The number of anilines is 1. The Labute approximate surface area is 187 Å². The Bertz CT molecular complexity index is 1260. The molecule has 1 aliphatic rings. The number of rotatable bonds is 4. The molecule has 2 aromatic carbocycles. The van der Waals surface area contributed by atoms with Crippen LogP contribution in [0.2, 0.25) is 0 Å². The number of benzene rings is 2. The highest BCUT2D eigenvalue weighted by molar-refractivity contribution is 5.91. The number of aryl methyl sites for hydroxylation is 2. The predicted molar refractivity (Wildman–Crippen MR) is 125 cm³/mol. The molecule has 0 unspecified atom stereocenters. The van der Waals surface area contributed by atoms with Crippen molar-refractivity contribution in [3.8, 4) is 16.9 Å². The number of aromatic nitrogens is 4. The molecule has 162 valence electrons. The van der Waals surface area contributed by atoms with Crippen LogP contribution in [0.25, 0.3) is 16.9 Å². The summed E-state index contributed by atoms with van der Waals surface area (Å²) in [5.41, 5.74) is 5.99. The van der Waals surface area contributed by atoms with Crippen LogP contribution in [0.3, 0.4) is 0 Å². The first-order chi connectivity index (χ1) is 15.6. The molecule has 7 heteroatoms. The third-order valence-electron chi connectivity index (χ3n) is 6.01. The molecule has 0 saturated carbocycles. The number of carbonyl (C=O) groups excluding carboxylic acids is 1. The molecule has 2 heterocycles. The lowest BCUT2D eigenvalue weighted by atomic mass is 9.88. The fourth-order valence-electron chi connectivity index (χ4n) is 4.42. The van der Waals surface area contributed by atoms with Crippen molar-refractivity contribution in [2.24, 2.45) is 7.05 Å². The molecule has 0 spiro atoms. The van der Waals surface area contributed by atoms with Gasteiger partial charge in [0.15, 0.2) is 0 Å². The average molecular weight is 427 g/mol. The topological polar surface area (TPSA) is 76.8 Å². The van der Waals surface area contributed by atoms with Crippen LogP contribution in [0, 0.1) is 6.92 Å². The summed E-state index contributed by atoms with van der Waals surface area (Å²) in [5.74, 6) is 0.650. The maximum absolute atomic E-state index is 13.1. The summed E-state index contributed by atoms with van der Waals surface area (Å²) in [6.07, 6.45) is 6.77. The Morgan fingerprint density at radius 1 is 1.09 bits per heavy atom. The van der Waals surface area contributed by atoms with E-state index in [9.17, 15) is 4.79 Å². The van der Waals surface area contributed by atoms with Crippen LogP contribution >= 0.6 is 0 Å². The summed E-state index contributed by atoms with van der Waals surface area (Å²) in [5, 5.41) is 15.3. The van der Waals surface area contributed by atoms with Gasteiger partial charge in [0.2, 0.25) is 0 Å². The van der Waals surface area contributed by atoms with E-state index >= 15 is 0 Å². The van der Waals surface area contributed by atoms with E-state index in [1.165, 1.54) is 11.1 Å². The van der Waals surface area contributed by atoms with Crippen LogP contribution < -0.4 is 10.6 Å². The van der Waals surface area contributed by atoms with Crippen LogP contribution in [-0.2, 0) is 13.5 Å². The van der Waals surface area contributed by atoms with Gasteiger partial charge in [0.25, 0.3) is 0 Å². The van der Waals surface area contributed by atoms with Crippen molar-refractivity contribution in [2.75, 3.05) is 5.32 Å². The third-order valence-corrected chi connectivity index (χ3v) is 6.01. The van der Waals surface area contributed by atoms with Crippen LogP contribution in [0.5, 0.6) is 0 Å². The summed E-state index contributed by atoms with van der Waals surface area (Å²) >= 11 is 0. The monoisotopic (exact) mass is 426 g/mol. The van der Waals surface area contributed by atoms with E-state index < -0.39 is 0 Å². The molecule has 4 aromatic rings. The lowest BCUT2D eigenvalue weighted by Crippen LogP contribution is -2.35. The second kappa shape index (κ2) is 8.34. The maximum atomic E-state index is 13.1. The number of nitrogens with one attached hydrogen (secondary N) is 2. The van der Waals surface area contributed by atoms with Gasteiger partial charge in [0.1, 0.15) is 11.5 Å². The van der Waals surface area contributed by atoms with Gasteiger partial charge in [-0.25, -0.2) is 9.48 Å². The Morgan fingerprint density at radius 2 is 1.88 bits per heavy atom. The molecular weight excluding hydrogens is 400 g/mol. The lowest BCUT2D eigenvalue weighted by Gasteiger charge is -2.26. The zero-order valence-electron chi connectivity index (χ0n) is 18.2. The molecule has 0 bridgehead atoms. The third kappa shape index (κ3) is 3.77. The predicted octanol–water partition coefficient (Wildman–Crippen LogP) is 4.78. The largest absolute Gasteiger partial charge is 0.331 e. The Balaban J connectivity index is 1.46. The number of urea groups is 1. The van der Waals surface area contributed by atoms with Gasteiger partial charge in [-0.15, -0.1) is 0 Å². The Hall–Kier alpha value is -3.87. The highest BCUT2D eigenvalue weighted by Crippen LogP contribution is 2.32. The van der Waals surface area contributed by atoms with Crippen LogP contribution in [-0.4, -0.2) is 25.6 Å². The summed E-state index contributed by atoms with van der Waals surface area (Å²) in [6, 6.07) is 17.9. The van der Waals surface area contributed by atoms with Gasteiger partial charge >= 0.3 is 6.03 Å². The molecule has 1 atom stereocenters. The van der Waals surface area contributed by atoms with Crippen molar-refractivity contribution < 1.29 is 4.79 Å². The second-order valence-electron chi connectivity index (χ2n) is 8.21. The van der Waals surface area contributed by atoms with E-state index in [0.29, 0.717) is 5.82 Å². The number of carbonyl (C=O) groups is 1. The summed E-state index contributed by atoms with van der Waals surface area (Å²) < 4.78 is 3.53. The summed E-state index contributed by atoms with van der Waals surface area (Å²) in [4.78, 5) is 13.1. The lowest BCUT2D eigenvalue weighted by molar-refractivity contribution is 0.247. The number of hydrogen-bond acceptors (Lipinski definition) is 3. The maximum Gasteiger partial charge on any atom is 0.320 e. The van der Waals surface area contributed by atoms with Crippen molar-refractivity contribution in [1.82, 2.24) is 24.9 Å². The van der Waals surface area contributed by atoms with Crippen molar-refractivity contribution in [3.63, 3.8) is 0 Å². The van der Waals surface area contributed by atoms with Gasteiger partial charge in [0.05, 0.1) is 17.9 Å². The minimum absolute atomic E-state index is 0.00569. The number of hydrogen-bond donors (Lipinski definition) is 2. The van der Waals surface area contributed by atoms with Crippen molar-refractivity contribution in [3.05, 3.63) is 83.7 Å². The van der Waals surface area contributed by atoms with E-state index in [1.807, 2.05) is 56.6 Å². The van der Waals surface area contributed by atoms with E-state index in [-0.39, 0.29) is 12.1 Å². The minimum Gasteiger partial charge on any atom is -0.331 e. The quantitative estimate of drug-likeness (QED) is 0.493. The minimum atomic E-state index is -0.232. The molecule has 0 aliphatic heterocycles. The first kappa shape index (κ1) is 20.1.